The number of rotatable bonds is 6. The molecule has 0 aliphatic heterocycles. The molecule has 0 bridgehead atoms. The molecule has 2 aromatic rings. The maximum Gasteiger partial charge on any atom is 0.417 e. The first kappa shape index (κ1) is 19.9. The smallest absolute Gasteiger partial charge is 0.370 e. The number of nitrogens with zero attached hydrogens (tertiary/aromatic N) is 1. The molecular weight excluding hydrogens is 377 g/mol. The number of fused-ring (bicyclic) bond motifs is 1. The Morgan fingerprint density at radius 3 is 2.38 bits per heavy atom. The minimum Gasteiger partial charge on any atom is -0.370 e. The zero-order valence-corrected chi connectivity index (χ0v) is 14.1. The van der Waals surface area contributed by atoms with Gasteiger partial charge in [-0.2, -0.15) is 21.6 Å². The number of hydrogen-bond acceptors (Lipinski definition) is 4. The summed E-state index contributed by atoms with van der Waals surface area (Å²) < 4.78 is 72.3. The number of amides is 1. The standard InChI is InChI=1S/C15H15F3N2O5S/c16-15(17,18)11-8-14(22)20(6-2-1-3-13(19)21)12-5-4-9(7-10(11)12)26(23,24)25/h4-5,7-8H,1-3,6H2,(H2,19,21)(H,23,24,25). The van der Waals surface area contributed by atoms with Crippen molar-refractivity contribution in [1.29, 1.82) is 0 Å². The third-order valence-corrected chi connectivity index (χ3v) is 4.59. The molecule has 1 heterocycles. The van der Waals surface area contributed by atoms with Crippen molar-refractivity contribution >= 4 is 26.9 Å². The van der Waals surface area contributed by atoms with Gasteiger partial charge < -0.3 is 10.3 Å². The molecular formula is C15H15F3N2O5S. The first-order valence-electron chi connectivity index (χ1n) is 7.42. The number of halogens is 3. The van der Waals surface area contributed by atoms with E-state index in [-0.39, 0.29) is 18.5 Å². The number of pyridine rings is 1. The summed E-state index contributed by atoms with van der Waals surface area (Å²) in [6, 6.07) is 3.00. The molecule has 142 valence electrons. The number of carbonyl (C=O) groups excluding carboxylic acids is 1. The Balaban J connectivity index is 2.62. The molecule has 2 rings (SSSR count). The lowest BCUT2D eigenvalue weighted by Crippen LogP contribution is -2.23. The molecule has 0 radical (unpaired) electrons. The van der Waals surface area contributed by atoms with Crippen LogP contribution in [0.4, 0.5) is 13.2 Å². The molecule has 0 unspecified atom stereocenters. The molecule has 0 aliphatic rings. The molecule has 1 aromatic carbocycles. The quantitative estimate of drug-likeness (QED) is 0.575. The topological polar surface area (TPSA) is 119 Å². The third kappa shape index (κ3) is 4.41. The lowest BCUT2D eigenvalue weighted by atomic mass is 10.1. The van der Waals surface area contributed by atoms with Crippen LogP contribution < -0.4 is 11.3 Å². The minimum absolute atomic E-state index is 0.0198. The van der Waals surface area contributed by atoms with Crippen LogP contribution in [0.15, 0.2) is 34.0 Å². The molecule has 1 aromatic heterocycles. The molecule has 0 spiro atoms. The van der Waals surface area contributed by atoms with E-state index < -0.39 is 43.6 Å². The van der Waals surface area contributed by atoms with E-state index in [0.717, 1.165) is 16.7 Å². The van der Waals surface area contributed by atoms with E-state index in [4.69, 9.17) is 10.3 Å². The largest absolute Gasteiger partial charge is 0.417 e. The van der Waals surface area contributed by atoms with Crippen molar-refractivity contribution in [1.82, 2.24) is 4.57 Å². The van der Waals surface area contributed by atoms with Crippen molar-refractivity contribution in [2.45, 2.75) is 36.9 Å². The summed E-state index contributed by atoms with van der Waals surface area (Å²) in [6.07, 6.45) is -4.17. The number of hydrogen-bond donors (Lipinski definition) is 2. The van der Waals surface area contributed by atoms with Crippen LogP contribution in [0.25, 0.3) is 10.9 Å². The van der Waals surface area contributed by atoms with Gasteiger partial charge in [0.25, 0.3) is 15.7 Å². The van der Waals surface area contributed by atoms with Crippen LogP contribution in [-0.4, -0.2) is 23.4 Å². The van der Waals surface area contributed by atoms with E-state index in [1.807, 2.05) is 0 Å². The van der Waals surface area contributed by atoms with Crippen molar-refractivity contribution in [2.75, 3.05) is 0 Å². The second-order valence-corrected chi connectivity index (χ2v) is 7.04. The van der Waals surface area contributed by atoms with E-state index >= 15 is 0 Å². The number of aromatic nitrogens is 1. The van der Waals surface area contributed by atoms with Gasteiger partial charge in [-0.15, -0.1) is 0 Å². The lowest BCUT2D eigenvalue weighted by molar-refractivity contribution is -0.136. The van der Waals surface area contributed by atoms with Crippen LogP contribution in [0.2, 0.25) is 0 Å². The van der Waals surface area contributed by atoms with Gasteiger partial charge in [0.15, 0.2) is 0 Å². The van der Waals surface area contributed by atoms with E-state index in [0.29, 0.717) is 25.0 Å². The normalized spacial score (nSPS) is 12.5. The number of nitrogens with two attached hydrogens (primary N) is 1. The van der Waals surface area contributed by atoms with Crippen molar-refractivity contribution < 1.29 is 30.9 Å². The predicted octanol–water partition coefficient (Wildman–Crippen LogP) is 1.92. The zero-order valence-electron chi connectivity index (χ0n) is 13.3. The Morgan fingerprint density at radius 2 is 1.85 bits per heavy atom. The van der Waals surface area contributed by atoms with E-state index in [2.05, 4.69) is 0 Å². The second kappa shape index (κ2) is 7.08. The number of primary amides is 1. The Labute approximate surface area is 146 Å². The molecule has 11 heteroatoms. The number of benzene rings is 1. The van der Waals surface area contributed by atoms with E-state index in [1.54, 1.807) is 0 Å². The first-order chi connectivity index (χ1) is 11.9. The zero-order chi connectivity index (χ0) is 19.7. The Bertz CT molecular complexity index is 1010. The van der Waals surface area contributed by atoms with Gasteiger partial charge in [-0.05, 0) is 31.0 Å². The van der Waals surface area contributed by atoms with Crippen molar-refractivity contribution in [3.05, 3.63) is 40.2 Å². The molecule has 7 nitrogen and oxygen atoms in total. The average Bonchev–Trinajstić information content (AvgIpc) is 2.50. The summed E-state index contributed by atoms with van der Waals surface area (Å²) in [6.45, 7) is 0.0198. The van der Waals surface area contributed by atoms with Crippen molar-refractivity contribution in [3.8, 4) is 0 Å². The number of alkyl halides is 3. The van der Waals surface area contributed by atoms with Crippen LogP contribution in [0, 0.1) is 0 Å². The first-order valence-corrected chi connectivity index (χ1v) is 8.86. The SMILES string of the molecule is NC(=O)CCCCn1c(=O)cc(C(F)(F)F)c2cc(S(=O)(=O)O)ccc21. The molecule has 0 saturated carbocycles. The molecule has 26 heavy (non-hydrogen) atoms. The van der Waals surface area contributed by atoms with Gasteiger partial charge >= 0.3 is 6.18 Å². The van der Waals surface area contributed by atoms with Gasteiger partial charge in [0, 0.05) is 24.4 Å². The fraction of sp³-hybridized carbons (Fsp3) is 0.333. The highest BCUT2D eigenvalue weighted by atomic mass is 32.2. The van der Waals surface area contributed by atoms with Gasteiger partial charge in [-0.1, -0.05) is 0 Å². The fourth-order valence-corrected chi connectivity index (χ4v) is 3.07. The van der Waals surface area contributed by atoms with E-state index in [9.17, 15) is 31.2 Å². The Hall–Kier alpha value is -2.40. The fourth-order valence-electron chi connectivity index (χ4n) is 2.56. The van der Waals surface area contributed by atoms with Crippen LogP contribution in [0.1, 0.15) is 24.8 Å². The van der Waals surface area contributed by atoms with Crippen LogP contribution in [0.5, 0.6) is 0 Å². The van der Waals surface area contributed by atoms with Gasteiger partial charge in [-0.25, -0.2) is 0 Å². The molecule has 3 N–H and O–H groups in total. The number of aryl methyl sites for hydroxylation is 1. The third-order valence-electron chi connectivity index (χ3n) is 3.74. The molecule has 0 fully saturated rings. The molecule has 1 amide bonds. The van der Waals surface area contributed by atoms with Crippen LogP contribution >= 0.6 is 0 Å². The molecule has 0 atom stereocenters. The van der Waals surface area contributed by atoms with E-state index in [1.165, 1.54) is 0 Å². The highest BCUT2D eigenvalue weighted by Crippen LogP contribution is 2.34. The monoisotopic (exact) mass is 392 g/mol. The summed E-state index contributed by atoms with van der Waals surface area (Å²) in [5.74, 6) is -0.535. The summed E-state index contributed by atoms with van der Waals surface area (Å²) in [5, 5.41) is -0.526. The minimum atomic E-state index is -4.89. The van der Waals surface area contributed by atoms with Crippen molar-refractivity contribution in [3.63, 3.8) is 0 Å². The summed E-state index contributed by atoms with van der Waals surface area (Å²) in [4.78, 5) is 22.1. The molecule has 0 aliphatic carbocycles. The summed E-state index contributed by atoms with van der Waals surface area (Å²) in [5.41, 5.74) is 2.67. The number of unbranched alkanes of at least 4 members (excludes halogenated alkanes) is 1. The molecule has 0 saturated heterocycles. The van der Waals surface area contributed by atoms with Crippen LogP contribution in [0.3, 0.4) is 0 Å². The predicted molar refractivity (Wildman–Crippen MR) is 86.1 cm³/mol. The van der Waals surface area contributed by atoms with Crippen LogP contribution in [-0.2, 0) is 27.6 Å². The second-order valence-electron chi connectivity index (χ2n) is 5.62. The van der Waals surface area contributed by atoms with Gasteiger partial charge in [0.1, 0.15) is 0 Å². The maximum absolute atomic E-state index is 13.2. The highest BCUT2D eigenvalue weighted by molar-refractivity contribution is 7.85. The summed E-state index contributed by atoms with van der Waals surface area (Å²) in [7, 11) is -4.72. The maximum atomic E-state index is 13.2. The lowest BCUT2D eigenvalue weighted by Gasteiger charge is -2.16. The van der Waals surface area contributed by atoms with Gasteiger partial charge in [0.05, 0.1) is 16.0 Å². The number of carbonyl (C=O) groups is 1. The Morgan fingerprint density at radius 1 is 1.19 bits per heavy atom. The highest BCUT2D eigenvalue weighted by Gasteiger charge is 2.34. The average molecular weight is 392 g/mol. The Kier molecular flexibility index (Phi) is 5.42. The van der Waals surface area contributed by atoms with Gasteiger partial charge in [-0.3, -0.25) is 14.1 Å². The van der Waals surface area contributed by atoms with Crippen molar-refractivity contribution in [2.24, 2.45) is 5.73 Å². The van der Waals surface area contributed by atoms with Gasteiger partial charge in [0.2, 0.25) is 5.91 Å². The summed E-state index contributed by atoms with van der Waals surface area (Å²) >= 11 is 0.